The highest BCUT2D eigenvalue weighted by molar-refractivity contribution is 5.40. The molecule has 4 heteroatoms. The molecule has 2 saturated carbocycles. The molecule has 3 aliphatic rings. The van der Waals surface area contributed by atoms with Gasteiger partial charge in [-0.25, -0.2) is 0 Å². The van der Waals surface area contributed by atoms with Crippen LogP contribution in [0.15, 0.2) is 47.1 Å². The minimum atomic E-state index is -1.06. The Morgan fingerprint density at radius 1 is 1.26 bits per heavy atom. The lowest BCUT2D eigenvalue weighted by Crippen LogP contribution is -2.36. The van der Waals surface area contributed by atoms with Crippen molar-refractivity contribution >= 4 is 0 Å². The number of hydrogen-bond acceptors (Lipinski definition) is 4. The quantitative estimate of drug-likeness (QED) is 0.465. The second kappa shape index (κ2) is 9.35. The fraction of sp³-hybridized carbons (Fsp3) is 0.704. The Morgan fingerprint density at radius 3 is 2.65 bits per heavy atom. The summed E-state index contributed by atoms with van der Waals surface area (Å²) in [5.41, 5.74) is 3.75. The standard InChI is InChI=1S/C27H42O4/c1-17(8-13-25(30)26(3,4)31)22-11-12-23-19(7-6-14-27(22,23)5)9-10-20-15-21(28)16-24(29)18(20)2/h9-11,17,21,23-25,28-31H,2,6-8,12-16H2,1,3-5H3/b19-9+,20-10-/t17-,21-,23+,24+,25-,27-/m1/s1. The average molecular weight is 431 g/mol. The van der Waals surface area contributed by atoms with Crippen LogP contribution in [-0.4, -0.2) is 44.3 Å². The molecular formula is C27H42O4. The van der Waals surface area contributed by atoms with Crippen LogP contribution < -0.4 is 0 Å². The van der Waals surface area contributed by atoms with E-state index in [0.29, 0.717) is 31.1 Å². The fourth-order valence-electron chi connectivity index (χ4n) is 6.00. The smallest absolute Gasteiger partial charge is 0.0849 e. The van der Waals surface area contributed by atoms with Crippen molar-refractivity contribution in [2.45, 2.75) is 103 Å². The number of aliphatic hydroxyl groups is 4. The molecular weight excluding hydrogens is 388 g/mol. The summed E-state index contributed by atoms with van der Waals surface area (Å²) in [5.74, 6) is 0.870. The SMILES string of the molecule is C=C1/C(=C\C=C2/CCC[C@]3(C)C([C@H](C)CC[C@@H](O)C(C)(C)O)=CC[C@@H]23)C[C@@H](O)C[C@@H]1O. The molecule has 0 spiro atoms. The van der Waals surface area contributed by atoms with Gasteiger partial charge in [0.15, 0.2) is 0 Å². The first kappa shape index (κ1) is 24.4. The van der Waals surface area contributed by atoms with E-state index in [9.17, 15) is 20.4 Å². The van der Waals surface area contributed by atoms with Gasteiger partial charge in [0.1, 0.15) is 0 Å². The van der Waals surface area contributed by atoms with Gasteiger partial charge in [-0.2, -0.15) is 0 Å². The van der Waals surface area contributed by atoms with Crippen molar-refractivity contribution in [3.63, 3.8) is 0 Å². The second-order valence-electron chi connectivity index (χ2n) is 10.9. The Balaban J connectivity index is 1.72. The third-order valence-corrected chi connectivity index (χ3v) is 8.09. The maximum absolute atomic E-state index is 10.2. The van der Waals surface area contributed by atoms with Gasteiger partial charge < -0.3 is 20.4 Å². The van der Waals surface area contributed by atoms with Gasteiger partial charge in [-0.15, -0.1) is 0 Å². The van der Waals surface area contributed by atoms with Gasteiger partial charge in [-0.1, -0.05) is 49.8 Å². The molecule has 0 radical (unpaired) electrons. The van der Waals surface area contributed by atoms with Gasteiger partial charge >= 0.3 is 0 Å². The summed E-state index contributed by atoms with van der Waals surface area (Å²) >= 11 is 0. The summed E-state index contributed by atoms with van der Waals surface area (Å²) in [6, 6.07) is 0. The Kier molecular flexibility index (Phi) is 7.37. The topological polar surface area (TPSA) is 80.9 Å². The molecule has 2 fully saturated rings. The molecule has 0 unspecified atom stereocenters. The zero-order chi connectivity index (χ0) is 23.0. The highest BCUT2D eigenvalue weighted by Gasteiger charge is 2.46. The van der Waals surface area contributed by atoms with E-state index in [1.54, 1.807) is 13.8 Å². The number of hydrogen-bond donors (Lipinski definition) is 4. The largest absolute Gasteiger partial charge is 0.393 e. The molecule has 0 aromatic heterocycles. The lowest BCUT2D eigenvalue weighted by molar-refractivity contribution is -0.0532. The van der Waals surface area contributed by atoms with Crippen LogP contribution in [0.4, 0.5) is 0 Å². The van der Waals surface area contributed by atoms with Gasteiger partial charge in [0.2, 0.25) is 0 Å². The monoisotopic (exact) mass is 430 g/mol. The molecule has 0 aromatic carbocycles. The van der Waals surface area contributed by atoms with Crippen LogP contribution >= 0.6 is 0 Å². The Bertz CT molecular complexity index is 769. The number of fused-ring (bicyclic) bond motifs is 1. The zero-order valence-corrected chi connectivity index (χ0v) is 19.8. The molecule has 31 heavy (non-hydrogen) atoms. The van der Waals surface area contributed by atoms with E-state index in [4.69, 9.17) is 0 Å². The van der Waals surface area contributed by atoms with Gasteiger partial charge in [0, 0.05) is 6.42 Å². The summed E-state index contributed by atoms with van der Waals surface area (Å²) in [4.78, 5) is 0. The molecule has 0 heterocycles. The van der Waals surface area contributed by atoms with E-state index < -0.39 is 23.9 Å². The third-order valence-electron chi connectivity index (χ3n) is 8.09. The van der Waals surface area contributed by atoms with Crippen LogP contribution in [0.3, 0.4) is 0 Å². The number of rotatable bonds is 6. The maximum atomic E-state index is 10.2. The van der Waals surface area contributed by atoms with E-state index in [0.717, 1.165) is 36.8 Å². The van der Waals surface area contributed by atoms with Crippen LogP contribution in [0.5, 0.6) is 0 Å². The van der Waals surface area contributed by atoms with Crippen LogP contribution in [0.25, 0.3) is 0 Å². The number of aliphatic hydroxyl groups excluding tert-OH is 3. The number of allylic oxidation sites excluding steroid dienone is 5. The first-order valence-electron chi connectivity index (χ1n) is 12.0. The van der Waals surface area contributed by atoms with Crippen LogP contribution in [0.1, 0.15) is 79.1 Å². The highest BCUT2D eigenvalue weighted by atomic mass is 16.3. The maximum Gasteiger partial charge on any atom is 0.0849 e. The second-order valence-corrected chi connectivity index (χ2v) is 10.9. The van der Waals surface area contributed by atoms with Crippen molar-refractivity contribution in [2.75, 3.05) is 0 Å². The van der Waals surface area contributed by atoms with E-state index in [1.165, 1.54) is 17.6 Å². The van der Waals surface area contributed by atoms with Crippen LogP contribution in [0, 0.1) is 17.3 Å². The molecule has 0 aliphatic heterocycles. The predicted octanol–water partition coefficient (Wildman–Crippen LogP) is 4.60. The molecule has 3 rings (SSSR count). The Hall–Kier alpha value is -1.20. The summed E-state index contributed by atoms with van der Waals surface area (Å²) in [7, 11) is 0. The van der Waals surface area contributed by atoms with Crippen LogP contribution in [-0.2, 0) is 0 Å². The fourth-order valence-corrected chi connectivity index (χ4v) is 6.00. The molecule has 174 valence electrons. The van der Waals surface area contributed by atoms with Crippen molar-refractivity contribution in [2.24, 2.45) is 17.3 Å². The van der Waals surface area contributed by atoms with E-state index >= 15 is 0 Å². The van der Waals surface area contributed by atoms with Gasteiger partial charge in [-0.05, 0) is 87.2 Å². The minimum absolute atomic E-state index is 0.143. The minimum Gasteiger partial charge on any atom is -0.393 e. The van der Waals surface area contributed by atoms with E-state index in [2.05, 4.69) is 38.7 Å². The summed E-state index contributed by atoms with van der Waals surface area (Å²) in [6.45, 7) is 12.0. The van der Waals surface area contributed by atoms with Crippen molar-refractivity contribution in [1.82, 2.24) is 0 Å². The van der Waals surface area contributed by atoms with E-state index in [1.807, 2.05) is 0 Å². The van der Waals surface area contributed by atoms with E-state index in [-0.39, 0.29) is 5.41 Å². The predicted molar refractivity (Wildman–Crippen MR) is 125 cm³/mol. The van der Waals surface area contributed by atoms with Crippen molar-refractivity contribution < 1.29 is 20.4 Å². The normalized spacial score (nSPS) is 36.5. The lowest BCUT2D eigenvalue weighted by atomic mass is 9.62. The third kappa shape index (κ3) is 5.24. The molecule has 4 N–H and O–H groups in total. The first-order valence-corrected chi connectivity index (χ1v) is 12.0. The Morgan fingerprint density at radius 2 is 1.97 bits per heavy atom. The highest BCUT2D eigenvalue weighted by Crippen LogP contribution is 2.57. The molecule has 0 amide bonds. The lowest BCUT2D eigenvalue weighted by Gasteiger charge is -2.43. The molecule has 4 nitrogen and oxygen atoms in total. The zero-order valence-electron chi connectivity index (χ0n) is 19.8. The van der Waals surface area contributed by atoms with Gasteiger partial charge in [0.25, 0.3) is 0 Å². The van der Waals surface area contributed by atoms with Crippen molar-refractivity contribution in [3.05, 3.63) is 47.1 Å². The molecule has 0 saturated heterocycles. The van der Waals surface area contributed by atoms with Crippen LogP contribution in [0.2, 0.25) is 0 Å². The summed E-state index contributed by atoms with van der Waals surface area (Å²) in [6.07, 6.45) is 11.8. The van der Waals surface area contributed by atoms with Gasteiger partial charge in [-0.3, -0.25) is 0 Å². The Labute approximate surface area is 188 Å². The first-order chi connectivity index (χ1) is 14.4. The summed E-state index contributed by atoms with van der Waals surface area (Å²) < 4.78 is 0. The van der Waals surface area contributed by atoms with Crippen molar-refractivity contribution in [1.29, 1.82) is 0 Å². The average Bonchev–Trinajstić information content (AvgIpc) is 3.04. The molecule has 0 bridgehead atoms. The molecule has 6 atom stereocenters. The molecule has 3 aliphatic carbocycles. The summed E-state index contributed by atoms with van der Waals surface area (Å²) in [5, 5.41) is 40.4. The van der Waals surface area contributed by atoms with Crippen molar-refractivity contribution in [3.8, 4) is 0 Å². The molecule has 0 aromatic rings. The van der Waals surface area contributed by atoms with Gasteiger partial charge in [0.05, 0.1) is 23.9 Å².